The highest BCUT2D eigenvalue weighted by Gasteiger charge is 2.15. The van der Waals surface area contributed by atoms with Crippen LogP contribution < -0.4 is 0 Å². The highest BCUT2D eigenvalue weighted by atomic mass is 16.5. The number of nitrogens with zero attached hydrogens (tertiary/aromatic N) is 3. The summed E-state index contributed by atoms with van der Waals surface area (Å²) in [7, 11) is 1.73. The van der Waals surface area contributed by atoms with Crippen LogP contribution in [0.5, 0.6) is 0 Å². The van der Waals surface area contributed by atoms with Crippen LogP contribution in [-0.4, -0.2) is 28.0 Å². The first-order chi connectivity index (χ1) is 13.2. The van der Waals surface area contributed by atoms with Gasteiger partial charge >= 0.3 is 0 Å². The maximum absolute atomic E-state index is 12.7. The summed E-state index contributed by atoms with van der Waals surface area (Å²) in [4.78, 5) is 18.2. The average molecular weight is 359 g/mol. The van der Waals surface area contributed by atoms with E-state index in [1.165, 1.54) is 0 Å². The highest BCUT2D eigenvalue weighted by molar-refractivity contribution is 5.94. The van der Waals surface area contributed by atoms with Gasteiger partial charge in [-0.05, 0) is 36.4 Å². The van der Waals surface area contributed by atoms with Crippen molar-refractivity contribution in [1.82, 2.24) is 15.0 Å². The van der Waals surface area contributed by atoms with Crippen LogP contribution >= 0.6 is 0 Å². The van der Waals surface area contributed by atoms with Crippen LogP contribution in [0.4, 0.5) is 0 Å². The first-order valence-corrected chi connectivity index (χ1v) is 8.46. The summed E-state index contributed by atoms with van der Waals surface area (Å²) in [5.74, 6) is 1.29. The Labute approximate surface area is 156 Å². The lowest BCUT2D eigenvalue weighted by Crippen LogP contribution is -2.25. The van der Waals surface area contributed by atoms with Gasteiger partial charge in [-0.15, -0.1) is 0 Å². The van der Waals surface area contributed by atoms with Crippen LogP contribution in [0.15, 0.2) is 82.2 Å². The van der Waals surface area contributed by atoms with E-state index in [-0.39, 0.29) is 5.91 Å². The number of furan rings is 1. The van der Waals surface area contributed by atoms with Crippen molar-refractivity contribution in [2.24, 2.45) is 0 Å². The van der Waals surface area contributed by atoms with E-state index in [2.05, 4.69) is 10.1 Å². The fourth-order valence-corrected chi connectivity index (χ4v) is 2.79. The minimum Gasteiger partial charge on any atom is -0.464 e. The number of aromatic nitrogens is 2. The standard InChI is InChI=1S/C21H17N3O3/c1-24(14-18-13-19(23-27-18)15-8-10-22-11-9-15)21(25)17-6-4-16(5-7-17)20-3-2-12-26-20/h2-13H,14H2,1H3. The second-order valence-electron chi connectivity index (χ2n) is 6.13. The lowest BCUT2D eigenvalue weighted by molar-refractivity contribution is 0.0772. The Kier molecular flexibility index (Phi) is 4.53. The van der Waals surface area contributed by atoms with Gasteiger partial charge in [0.2, 0.25) is 0 Å². The molecule has 1 amide bonds. The van der Waals surface area contributed by atoms with Gasteiger partial charge in [0.15, 0.2) is 5.76 Å². The molecule has 6 heteroatoms. The molecule has 0 atom stereocenters. The molecule has 0 N–H and O–H groups in total. The van der Waals surface area contributed by atoms with E-state index in [1.807, 2.05) is 42.5 Å². The Morgan fingerprint density at radius 3 is 2.52 bits per heavy atom. The predicted octanol–water partition coefficient (Wildman–Crippen LogP) is 4.27. The summed E-state index contributed by atoms with van der Waals surface area (Å²) in [6.07, 6.45) is 5.03. The Morgan fingerprint density at radius 2 is 1.81 bits per heavy atom. The van der Waals surface area contributed by atoms with Crippen molar-refractivity contribution in [3.8, 4) is 22.6 Å². The van der Waals surface area contributed by atoms with E-state index >= 15 is 0 Å². The second-order valence-corrected chi connectivity index (χ2v) is 6.13. The quantitative estimate of drug-likeness (QED) is 0.532. The summed E-state index contributed by atoms with van der Waals surface area (Å²) in [5, 5.41) is 4.06. The van der Waals surface area contributed by atoms with Gasteiger partial charge in [0.25, 0.3) is 5.91 Å². The zero-order valence-corrected chi connectivity index (χ0v) is 14.7. The zero-order valence-electron chi connectivity index (χ0n) is 14.7. The topological polar surface area (TPSA) is 72.4 Å². The Bertz CT molecular complexity index is 1020. The van der Waals surface area contributed by atoms with E-state index in [4.69, 9.17) is 8.94 Å². The van der Waals surface area contributed by atoms with Gasteiger partial charge in [0, 0.05) is 42.2 Å². The van der Waals surface area contributed by atoms with E-state index < -0.39 is 0 Å². The molecule has 0 spiro atoms. The molecule has 0 aliphatic rings. The van der Waals surface area contributed by atoms with Crippen LogP contribution in [-0.2, 0) is 6.54 Å². The zero-order chi connectivity index (χ0) is 18.6. The molecular formula is C21H17N3O3. The summed E-state index contributed by atoms with van der Waals surface area (Å²) >= 11 is 0. The molecular weight excluding hydrogens is 342 g/mol. The van der Waals surface area contributed by atoms with E-state index in [9.17, 15) is 4.79 Å². The monoisotopic (exact) mass is 359 g/mol. The fraction of sp³-hybridized carbons (Fsp3) is 0.0952. The molecule has 4 rings (SSSR count). The number of carbonyl (C=O) groups is 1. The molecule has 0 bridgehead atoms. The van der Waals surface area contributed by atoms with Crippen molar-refractivity contribution < 1.29 is 13.7 Å². The van der Waals surface area contributed by atoms with Crippen molar-refractivity contribution in [3.63, 3.8) is 0 Å². The summed E-state index contributed by atoms with van der Waals surface area (Å²) in [6.45, 7) is 0.330. The minimum atomic E-state index is -0.0946. The van der Waals surface area contributed by atoms with Crippen LogP contribution in [0, 0.1) is 0 Å². The molecule has 134 valence electrons. The molecule has 1 aromatic carbocycles. The Morgan fingerprint density at radius 1 is 1.04 bits per heavy atom. The number of hydrogen-bond donors (Lipinski definition) is 0. The third kappa shape index (κ3) is 3.64. The predicted molar refractivity (Wildman–Crippen MR) is 99.7 cm³/mol. The first-order valence-electron chi connectivity index (χ1n) is 8.46. The lowest BCUT2D eigenvalue weighted by Gasteiger charge is -2.15. The van der Waals surface area contributed by atoms with Gasteiger partial charge < -0.3 is 13.8 Å². The number of benzene rings is 1. The molecule has 0 unspecified atom stereocenters. The van der Waals surface area contributed by atoms with Gasteiger partial charge in [0.1, 0.15) is 11.5 Å². The van der Waals surface area contributed by atoms with Gasteiger partial charge in [-0.2, -0.15) is 0 Å². The van der Waals surface area contributed by atoms with Gasteiger partial charge in [-0.1, -0.05) is 17.3 Å². The van der Waals surface area contributed by atoms with Gasteiger partial charge in [0.05, 0.1) is 12.8 Å². The fourth-order valence-electron chi connectivity index (χ4n) is 2.79. The summed E-state index contributed by atoms with van der Waals surface area (Å²) in [6, 6.07) is 16.6. The van der Waals surface area contributed by atoms with E-state index in [1.54, 1.807) is 42.7 Å². The van der Waals surface area contributed by atoms with Gasteiger partial charge in [-0.25, -0.2) is 0 Å². The lowest BCUT2D eigenvalue weighted by atomic mass is 10.1. The maximum Gasteiger partial charge on any atom is 0.254 e. The van der Waals surface area contributed by atoms with Crippen molar-refractivity contribution in [1.29, 1.82) is 0 Å². The third-order valence-electron chi connectivity index (χ3n) is 4.21. The van der Waals surface area contributed by atoms with Crippen LogP contribution in [0.1, 0.15) is 16.1 Å². The Balaban J connectivity index is 1.44. The van der Waals surface area contributed by atoms with Gasteiger partial charge in [-0.3, -0.25) is 9.78 Å². The third-order valence-corrected chi connectivity index (χ3v) is 4.21. The second kappa shape index (κ2) is 7.29. The number of carbonyl (C=O) groups excluding carboxylic acids is 1. The minimum absolute atomic E-state index is 0.0946. The van der Waals surface area contributed by atoms with Crippen LogP contribution in [0.2, 0.25) is 0 Å². The number of rotatable bonds is 5. The molecule has 3 aromatic heterocycles. The van der Waals surface area contributed by atoms with Crippen molar-refractivity contribution in [2.45, 2.75) is 6.54 Å². The SMILES string of the molecule is CN(Cc1cc(-c2ccncc2)no1)C(=O)c1ccc(-c2ccco2)cc1. The number of hydrogen-bond acceptors (Lipinski definition) is 5. The summed E-state index contributed by atoms with van der Waals surface area (Å²) in [5.41, 5.74) is 3.16. The molecule has 0 aliphatic carbocycles. The maximum atomic E-state index is 12.7. The molecule has 0 saturated heterocycles. The smallest absolute Gasteiger partial charge is 0.254 e. The highest BCUT2D eigenvalue weighted by Crippen LogP contribution is 2.22. The van der Waals surface area contributed by atoms with Crippen LogP contribution in [0.25, 0.3) is 22.6 Å². The molecule has 4 aromatic rings. The number of amides is 1. The molecule has 0 fully saturated rings. The first kappa shape index (κ1) is 16.8. The van der Waals surface area contributed by atoms with Crippen molar-refractivity contribution >= 4 is 5.91 Å². The average Bonchev–Trinajstić information content (AvgIpc) is 3.40. The Hall–Kier alpha value is -3.67. The van der Waals surface area contributed by atoms with Crippen molar-refractivity contribution in [3.05, 3.63) is 84.6 Å². The molecule has 27 heavy (non-hydrogen) atoms. The van der Waals surface area contributed by atoms with Crippen molar-refractivity contribution in [2.75, 3.05) is 7.05 Å². The molecule has 3 heterocycles. The summed E-state index contributed by atoms with van der Waals surface area (Å²) < 4.78 is 10.7. The van der Waals surface area contributed by atoms with E-state index in [0.29, 0.717) is 17.9 Å². The van der Waals surface area contributed by atoms with Crippen LogP contribution in [0.3, 0.4) is 0 Å². The largest absolute Gasteiger partial charge is 0.464 e. The molecule has 0 aliphatic heterocycles. The van der Waals surface area contributed by atoms with E-state index in [0.717, 1.165) is 22.6 Å². The molecule has 0 radical (unpaired) electrons. The number of pyridine rings is 1. The molecule has 6 nitrogen and oxygen atoms in total. The normalized spacial score (nSPS) is 10.7. The molecule has 0 saturated carbocycles.